The first-order chi connectivity index (χ1) is 24.1. The van der Waals surface area contributed by atoms with E-state index in [9.17, 15) is 28.8 Å². The van der Waals surface area contributed by atoms with Gasteiger partial charge in [-0.1, -0.05) is 73.6 Å². The van der Waals surface area contributed by atoms with Crippen LogP contribution in [-0.4, -0.2) is 86.9 Å². The van der Waals surface area contributed by atoms with Gasteiger partial charge in [0.25, 0.3) is 11.8 Å². The van der Waals surface area contributed by atoms with Crippen LogP contribution in [0, 0.1) is 29.1 Å². The molecule has 7 atom stereocenters. The van der Waals surface area contributed by atoms with Crippen LogP contribution in [-0.2, 0) is 24.0 Å². The predicted molar refractivity (Wildman–Crippen MR) is 192 cm³/mol. The number of carbonyl (C=O) groups is 6. The molecule has 1 aliphatic heterocycles. The Hall–Kier alpha value is -3.90. The summed E-state index contributed by atoms with van der Waals surface area (Å²) in [7, 11) is 0. The van der Waals surface area contributed by atoms with Crippen LogP contribution in [0.25, 0.3) is 0 Å². The number of fused-ring (bicyclic) bond motifs is 1. The van der Waals surface area contributed by atoms with E-state index in [-0.39, 0.29) is 47.7 Å². The fourth-order valence-electron chi connectivity index (χ4n) is 7.83. The maximum absolute atomic E-state index is 14.6. The van der Waals surface area contributed by atoms with E-state index in [0.717, 1.165) is 51.4 Å². The topological polar surface area (TPSA) is 180 Å². The first-order valence-corrected chi connectivity index (χ1v) is 19.0. The molecule has 0 aromatic carbocycles. The number of likely N-dealkylation sites (tertiary alicyclic amines) is 1. The van der Waals surface area contributed by atoms with Crippen LogP contribution >= 0.6 is 0 Å². The smallest absolute Gasteiger partial charge is 0.289 e. The van der Waals surface area contributed by atoms with E-state index >= 15 is 0 Å². The maximum atomic E-state index is 14.6. The van der Waals surface area contributed by atoms with Crippen molar-refractivity contribution in [1.29, 1.82) is 0 Å². The number of Topliss-reactive ketones (excluding diaryl/α,β-unsaturated/α-hetero) is 1. The average molecular weight is 710 g/mol. The normalized spacial score (nSPS) is 23.1. The zero-order chi connectivity index (χ0) is 37.5. The van der Waals surface area contributed by atoms with Crippen molar-refractivity contribution in [3.05, 3.63) is 24.3 Å². The van der Waals surface area contributed by atoms with Gasteiger partial charge in [0, 0.05) is 25.0 Å². The zero-order valence-electron chi connectivity index (χ0n) is 31.5. The van der Waals surface area contributed by atoms with E-state index in [0.29, 0.717) is 13.0 Å². The Morgan fingerprint density at radius 1 is 0.882 bits per heavy atom. The highest BCUT2D eigenvalue weighted by Crippen LogP contribution is 2.43. The van der Waals surface area contributed by atoms with Crippen LogP contribution in [0.15, 0.2) is 18.6 Å². The Balaban J connectivity index is 1.57. The number of nitrogens with one attached hydrogen (secondary N) is 4. The number of ketones is 1. The molecule has 2 aliphatic carbocycles. The van der Waals surface area contributed by atoms with Crippen LogP contribution in [0.2, 0.25) is 0 Å². The molecule has 2 saturated carbocycles. The van der Waals surface area contributed by atoms with E-state index in [2.05, 4.69) is 31.2 Å². The largest absolute Gasteiger partial charge is 0.347 e. The Morgan fingerprint density at radius 2 is 1.59 bits per heavy atom. The minimum absolute atomic E-state index is 0.0961. The molecular weight excluding hydrogens is 650 g/mol. The Bertz CT molecular complexity index is 1410. The van der Waals surface area contributed by atoms with Crippen molar-refractivity contribution in [2.24, 2.45) is 29.1 Å². The summed E-state index contributed by atoms with van der Waals surface area (Å²) in [5.74, 6) is -3.22. The highest BCUT2D eigenvalue weighted by Gasteiger charge is 2.52. The molecule has 0 spiro atoms. The first-order valence-electron chi connectivity index (χ1n) is 19.0. The lowest BCUT2D eigenvalue weighted by molar-refractivity contribution is -0.146. The summed E-state index contributed by atoms with van der Waals surface area (Å²) in [5.41, 5.74) is -0.651. The molecule has 1 saturated heterocycles. The van der Waals surface area contributed by atoms with Gasteiger partial charge in [-0.05, 0) is 68.1 Å². The van der Waals surface area contributed by atoms with Gasteiger partial charge in [0.1, 0.15) is 23.8 Å². The molecule has 0 radical (unpaired) electrons. The third-order valence-corrected chi connectivity index (χ3v) is 11.1. The standard InChI is InChI=1S/C38H59N7O6/c1-8-13-27(31(46)36(50)41-23(4)22(2)3)42-35(49)30-26-17-12-16-25(26)21-45(30)37(51)32(38(5,6)7)44-34(48)29(24-14-10-9-11-15-24)43-33(47)28-20-39-18-19-40-28/h18-20,22-27,29-30,32H,8-17,21H2,1-7H3,(H,41,50)(H,42,49)(H,43,47)(H,44,48)/t23-,25?,26?,27?,29-,30-,32+/m0/s1. The van der Waals surface area contributed by atoms with Crippen molar-refractivity contribution in [2.75, 3.05) is 6.54 Å². The third-order valence-electron chi connectivity index (χ3n) is 11.1. The van der Waals surface area contributed by atoms with Gasteiger partial charge in [0.05, 0.1) is 12.2 Å². The summed E-state index contributed by atoms with van der Waals surface area (Å²) >= 11 is 0. The van der Waals surface area contributed by atoms with Gasteiger partial charge in [0.15, 0.2) is 0 Å². The van der Waals surface area contributed by atoms with E-state index < -0.39 is 59.0 Å². The molecular formula is C38H59N7O6. The Labute approximate surface area is 302 Å². The second kappa shape index (κ2) is 17.5. The monoisotopic (exact) mass is 709 g/mol. The lowest BCUT2D eigenvalue weighted by Crippen LogP contribution is -2.62. The van der Waals surface area contributed by atoms with Gasteiger partial charge in [-0.3, -0.25) is 33.8 Å². The summed E-state index contributed by atoms with van der Waals surface area (Å²) < 4.78 is 0. The van der Waals surface area contributed by atoms with Crippen LogP contribution in [0.5, 0.6) is 0 Å². The van der Waals surface area contributed by atoms with Crippen molar-refractivity contribution < 1.29 is 28.8 Å². The maximum Gasteiger partial charge on any atom is 0.289 e. The molecule has 4 rings (SSSR count). The molecule has 2 heterocycles. The number of nitrogens with zero attached hydrogens (tertiary/aromatic N) is 3. The van der Waals surface area contributed by atoms with Gasteiger partial charge >= 0.3 is 0 Å². The molecule has 3 unspecified atom stereocenters. The lowest BCUT2D eigenvalue weighted by Gasteiger charge is -2.38. The zero-order valence-corrected chi connectivity index (χ0v) is 31.5. The molecule has 5 amide bonds. The van der Waals surface area contributed by atoms with Gasteiger partial charge in [-0.2, -0.15) is 0 Å². The van der Waals surface area contributed by atoms with Gasteiger partial charge in [0.2, 0.25) is 23.5 Å². The van der Waals surface area contributed by atoms with E-state index in [1.165, 1.54) is 18.6 Å². The Kier molecular flexibility index (Phi) is 13.7. The molecule has 4 N–H and O–H groups in total. The minimum atomic E-state index is -1.02. The number of carbonyl (C=O) groups excluding carboxylic acids is 6. The Morgan fingerprint density at radius 3 is 2.20 bits per heavy atom. The molecule has 3 aliphatic rings. The van der Waals surface area contributed by atoms with Crippen molar-refractivity contribution >= 4 is 35.3 Å². The number of hydrogen-bond donors (Lipinski definition) is 4. The quantitative estimate of drug-likeness (QED) is 0.213. The van der Waals surface area contributed by atoms with Crippen LogP contribution in [0.3, 0.4) is 0 Å². The molecule has 3 fully saturated rings. The SMILES string of the molecule is CCCC(NC(=O)[C@@H]1C2CCCC2CN1C(=O)[C@@H](NC(=O)[C@@H](NC(=O)c1cnccn1)C1CCCCC1)C(C)(C)C)C(=O)C(=O)N[C@@H](C)C(C)C. The van der Waals surface area contributed by atoms with Gasteiger partial charge in [-0.15, -0.1) is 0 Å². The van der Waals surface area contributed by atoms with Crippen LogP contribution < -0.4 is 21.3 Å². The number of hydrogen-bond acceptors (Lipinski definition) is 8. The molecule has 13 nitrogen and oxygen atoms in total. The van der Waals surface area contributed by atoms with E-state index in [1.807, 2.05) is 48.5 Å². The first kappa shape index (κ1) is 39.9. The summed E-state index contributed by atoms with van der Waals surface area (Å²) in [6.45, 7) is 13.6. The van der Waals surface area contributed by atoms with Crippen LogP contribution in [0.1, 0.15) is 123 Å². The molecule has 1 aromatic rings. The summed E-state index contributed by atoms with van der Waals surface area (Å²) in [6.07, 6.45) is 12.1. The molecule has 51 heavy (non-hydrogen) atoms. The van der Waals surface area contributed by atoms with E-state index in [1.54, 1.807) is 4.90 Å². The fourth-order valence-corrected chi connectivity index (χ4v) is 7.83. The summed E-state index contributed by atoms with van der Waals surface area (Å²) in [6, 6.07) is -3.98. The molecule has 13 heteroatoms. The molecule has 282 valence electrons. The van der Waals surface area contributed by atoms with Gasteiger partial charge in [-0.25, -0.2) is 4.98 Å². The van der Waals surface area contributed by atoms with Crippen molar-refractivity contribution in [3.63, 3.8) is 0 Å². The molecule has 0 bridgehead atoms. The van der Waals surface area contributed by atoms with Gasteiger partial charge < -0.3 is 26.2 Å². The van der Waals surface area contributed by atoms with Crippen LogP contribution in [0.4, 0.5) is 0 Å². The highest BCUT2D eigenvalue weighted by molar-refractivity contribution is 6.38. The number of rotatable bonds is 14. The second-order valence-electron chi connectivity index (χ2n) is 16.3. The third kappa shape index (κ3) is 9.91. The summed E-state index contributed by atoms with van der Waals surface area (Å²) in [4.78, 5) is 92.1. The number of amides is 5. The lowest BCUT2D eigenvalue weighted by atomic mass is 9.82. The summed E-state index contributed by atoms with van der Waals surface area (Å²) in [5, 5.41) is 11.5. The minimum Gasteiger partial charge on any atom is -0.347 e. The highest BCUT2D eigenvalue weighted by atomic mass is 16.2. The predicted octanol–water partition coefficient (Wildman–Crippen LogP) is 3.33. The molecule has 1 aromatic heterocycles. The van der Waals surface area contributed by atoms with Crippen molar-refractivity contribution in [2.45, 2.75) is 143 Å². The second-order valence-corrected chi connectivity index (χ2v) is 16.3. The van der Waals surface area contributed by atoms with Crippen molar-refractivity contribution in [1.82, 2.24) is 36.1 Å². The number of aromatic nitrogens is 2. The van der Waals surface area contributed by atoms with E-state index in [4.69, 9.17) is 0 Å². The fraction of sp³-hybridized carbons (Fsp3) is 0.737. The van der Waals surface area contributed by atoms with Crippen molar-refractivity contribution in [3.8, 4) is 0 Å². The average Bonchev–Trinajstić information content (AvgIpc) is 3.70.